The van der Waals surface area contributed by atoms with E-state index in [9.17, 15) is 0 Å². The molecule has 0 spiro atoms. The van der Waals surface area contributed by atoms with Gasteiger partial charge in [0.2, 0.25) is 0 Å². The van der Waals surface area contributed by atoms with E-state index in [2.05, 4.69) is 23.0 Å². The molecule has 0 aliphatic rings. The van der Waals surface area contributed by atoms with Crippen molar-refractivity contribution in [1.82, 2.24) is 0 Å². The number of benzene rings is 1. The molecule has 0 amide bonds. The van der Waals surface area contributed by atoms with Gasteiger partial charge in [0.05, 0.1) is 11.4 Å². The molecule has 104 valence electrons. The summed E-state index contributed by atoms with van der Waals surface area (Å²) in [5.74, 6) is 0. The van der Waals surface area contributed by atoms with Crippen molar-refractivity contribution in [1.29, 1.82) is 0 Å². The van der Waals surface area contributed by atoms with Crippen LogP contribution in [0.15, 0.2) is 28.2 Å². The van der Waals surface area contributed by atoms with E-state index in [0.29, 0.717) is 0 Å². The number of nitrogens with zero attached hydrogens (tertiary/aromatic N) is 2. The lowest BCUT2D eigenvalue weighted by Crippen LogP contribution is -1.84. The zero-order valence-electron chi connectivity index (χ0n) is 11.8. The van der Waals surface area contributed by atoms with E-state index in [-0.39, 0.29) is 0 Å². The summed E-state index contributed by atoms with van der Waals surface area (Å²) in [5.41, 5.74) is 3.17. The first kappa shape index (κ1) is 17.0. The van der Waals surface area contributed by atoms with E-state index in [4.69, 9.17) is 0 Å². The van der Waals surface area contributed by atoms with Gasteiger partial charge in [-0.1, -0.05) is 0 Å². The normalized spacial score (nSPS) is 10.2. The van der Waals surface area contributed by atoms with Gasteiger partial charge in [-0.05, 0) is 55.7 Å². The summed E-state index contributed by atoms with van der Waals surface area (Å²) in [6, 6.07) is 6.15. The Bertz CT molecular complexity index is 472. The van der Waals surface area contributed by atoms with Gasteiger partial charge in [-0.3, -0.25) is 0 Å². The summed E-state index contributed by atoms with van der Waals surface area (Å²) in [4.78, 5) is 9.24. The summed E-state index contributed by atoms with van der Waals surface area (Å²) in [6.45, 7) is 2.08. The lowest BCUT2D eigenvalue weighted by molar-refractivity contribution is 1.39. The van der Waals surface area contributed by atoms with Crippen LogP contribution in [0.3, 0.4) is 0 Å². The van der Waals surface area contributed by atoms with Crippen LogP contribution in [0.2, 0.25) is 0 Å². The fourth-order valence-electron chi connectivity index (χ4n) is 1.39. The van der Waals surface area contributed by atoms with Crippen molar-refractivity contribution in [3.8, 4) is 0 Å². The van der Waals surface area contributed by atoms with Crippen LogP contribution in [0.25, 0.3) is 0 Å². The second-order valence-corrected chi connectivity index (χ2v) is 7.24. The van der Waals surface area contributed by atoms with Gasteiger partial charge in [0.1, 0.15) is 8.75 Å². The molecular weight excluding hydrogens is 312 g/mol. The van der Waals surface area contributed by atoms with Gasteiger partial charge in [-0.25, -0.2) is 9.98 Å². The maximum absolute atomic E-state index is 4.64. The Morgan fingerprint density at radius 1 is 0.842 bits per heavy atom. The first-order chi connectivity index (χ1) is 9.14. The highest BCUT2D eigenvalue weighted by molar-refractivity contribution is 8.38. The van der Waals surface area contributed by atoms with Gasteiger partial charge < -0.3 is 0 Å². The van der Waals surface area contributed by atoms with Crippen LogP contribution < -0.4 is 0 Å². The van der Waals surface area contributed by atoms with E-state index < -0.39 is 0 Å². The molecule has 0 saturated carbocycles. The van der Waals surface area contributed by atoms with Crippen molar-refractivity contribution >= 4 is 67.2 Å². The minimum Gasteiger partial charge on any atom is -0.235 e. The molecule has 0 radical (unpaired) electrons. The van der Waals surface area contributed by atoms with Gasteiger partial charge in [-0.2, -0.15) is 0 Å². The average Bonchev–Trinajstić information content (AvgIpc) is 2.44. The molecular formula is C13H18N2S4. The highest BCUT2D eigenvalue weighted by atomic mass is 32.2. The van der Waals surface area contributed by atoms with Crippen LogP contribution in [-0.4, -0.2) is 33.8 Å². The molecule has 2 nitrogen and oxygen atoms in total. The van der Waals surface area contributed by atoms with E-state index >= 15 is 0 Å². The van der Waals surface area contributed by atoms with E-state index in [1.54, 1.807) is 47.0 Å². The lowest BCUT2D eigenvalue weighted by atomic mass is 10.2. The van der Waals surface area contributed by atoms with Crippen LogP contribution in [0.4, 0.5) is 11.4 Å². The van der Waals surface area contributed by atoms with Crippen molar-refractivity contribution < 1.29 is 0 Å². The first-order valence-corrected chi connectivity index (χ1v) is 10.5. The Kier molecular flexibility index (Phi) is 8.06. The SMILES string of the molecule is CSC(=Nc1ccc(N=C(SC)SC)c(C)c1)SC. The van der Waals surface area contributed by atoms with Crippen molar-refractivity contribution in [3.05, 3.63) is 23.8 Å². The van der Waals surface area contributed by atoms with Crippen molar-refractivity contribution in [2.45, 2.75) is 6.92 Å². The summed E-state index contributed by atoms with van der Waals surface area (Å²) >= 11 is 6.69. The predicted molar refractivity (Wildman–Crippen MR) is 99.4 cm³/mol. The molecule has 1 aromatic rings. The van der Waals surface area contributed by atoms with Gasteiger partial charge in [0, 0.05) is 0 Å². The number of hydrogen-bond acceptors (Lipinski definition) is 6. The maximum atomic E-state index is 4.64. The largest absolute Gasteiger partial charge is 0.235 e. The molecule has 0 aliphatic carbocycles. The molecule has 0 N–H and O–H groups in total. The second-order valence-electron chi connectivity index (χ2n) is 3.54. The van der Waals surface area contributed by atoms with Gasteiger partial charge in [0.25, 0.3) is 0 Å². The fourth-order valence-corrected chi connectivity index (χ4v) is 3.49. The van der Waals surface area contributed by atoms with Gasteiger partial charge in [-0.15, -0.1) is 47.0 Å². The number of aryl methyl sites for hydroxylation is 1. The Hall–Kier alpha value is -0.0400. The Labute approximate surface area is 132 Å². The highest BCUT2D eigenvalue weighted by Gasteiger charge is 2.02. The smallest absolute Gasteiger partial charge is 0.130 e. The van der Waals surface area contributed by atoms with Crippen molar-refractivity contribution in [2.75, 3.05) is 25.0 Å². The molecule has 6 heteroatoms. The van der Waals surface area contributed by atoms with Crippen molar-refractivity contribution in [3.63, 3.8) is 0 Å². The average molecular weight is 331 g/mol. The maximum Gasteiger partial charge on any atom is 0.130 e. The zero-order chi connectivity index (χ0) is 14.3. The van der Waals surface area contributed by atoms with E-state index in [1.807, 2.05) is 37.2 Å². The van der Waals surface area contributed by atoms with Crippen LogP contribution in [-0.2, 0) is 0 Å². The topological polar surface area (TPSA) is 24.7 Å². The summed E-state index contributed by atoms with van der Waals surface area (Å²) in [6.07, 6.45) is 8.19. The Morgan fingerprint density at radius 2 is 1.37 bits per heavy atom. The third-order valence-corrected chi connectivity index (χ3v) is 6.07. The molecule has 19 heavy (non-hydrogen) atoms. The molecule has 0 saturated heterocycles. The Balaban J connectivity index is 3.04. The second kappa shape index (κ2) is 9.00. The number of aliphatic imine (C=N–C) groups is 2. The highest BCUT2D eigenvalue weighted by Crippen LogP contribution is 2.28. The summed E-state index contributed by atoms with van der Waals surface area (Å²) < 4.78 is 2.15. The lowest BCUT2D eigenvalue weighted by Gasteiger charge is -2.05. The minimum absolute atomic E-state index is 0.991. The third kappa shape index (κ3) is 5.45. The molecule has 0 unspecified atom stereocenters. The summed E-state index contributed by atoms with van der Waals surface area (Å²) in [7, 11) is 0. The van der Waals surface area contributed by atoms with Crippen LogP contribution in [0, 0.1) is 6.92 Å². The molecule has 0 aliphatic heterocycles. The molecule has 0 atom stereocenters. The molecule has 0 bridgehead atoms. The molecule has 0 fully saturated rings. The summed E-state index contributed by atoms with van der Waals surface area (Å²) in [5, 5.41) is 0. The third-order valence-electron chi connectivity index (χ3n) is 2.31. The first-order valence-electron chi connectivity index (χ1n) is 5.58. The predicted octanol–water partition coefficient (Wildman–Crippen LogP) is 5.42. The molecule has 0 aromatic heterocycles. The van der Waals surface area contributed by atoms with E-state index in [1.165, 1.54) is 0 Å². The van der Waals surface area contributed by atoms with Gasteiger partial charge >= 0.3 is 0 Å². The number of thioether (sulfide) groups is 4. The Morgan fingerprint density at radius 3 is 1.84 bits per heavy atom. The van der Waals surface area contributed by atoms with Crippen LogP contribution in [0.1, 0.15) is 5.56 Å². The molecule has 0 heterocycles. The molecule has 1 rings (SSSR count). The quantitative estimate of drug-likeness (QED) is 0.534. The standard InChI is InChI=1S/C13H18N2S4/c1-9-8-10(14-12(16-2)17-3)6-7-11(9)15-13(18-4)19-5/h6-8H,1-5H3. The fraction of sp³-hybridized carbons (Fsp3) is 0.385. The van der Waals surface area contributed by atoms with Gasteiger partial charge in [0.15, 0.2) is 0 Å². The molecule has 1 aromatic carbocycles. The minimum atomic E-state index is 0.991. The van der Waals surface area contributed by atoms with Crippen molar-refractivity contribution in [2.24, 2.45) is 9.98 Å². The van der Waals surface area contributed by atoms with E-state index in [0.717, 1.165) is 25.7 Å². The monoisotopic (exact) mass is 330 g/mol. The number of rotatable bonds is 2. The van der Waals surface area contributed by atoms with Crippen LogP contribution >= 0.6 is 47.0 Å². The number of hydrogen-bond donors (Lipinski definition) is 0. The van der Waals surface area contributed by atoms with Crippen LogP contribution in [0.5, 0.6) is 0 Å². The zero-order valence-corrected chi connectivity index (χ0v) is 15.0.